The summed E-state index contributed by atoms with van der Waals surface area (Å²) in [5.74, 6) is -5.35. The molecule has 0 spiro atoms. The summed E-state index contributed by atoms with van der Waals surface area (Å²) in [7, 11) is 0. The first-order chi connectivity index (χ1) is 53.5. The first-order valence-electron chi connectivity index (χ1n) is 38.7. The first kappa shape index (κ1) is 84.9. The lowest BCUT2D eigenvalue weighted by Gasteiger charge is -2.53. The Morgan fingerprint density at radius 1 is 0.321 bits per heavy atom. The Balaban J connectivity index is 1.08. The number of hydroxylamine groups is 2. The van der Waals surface area contributed by atoms with Crippen LogP contribution in [0.5, 0.6) is 0 Å². The maximum atomic E-state index is 16.4. The summed E-state index contributed by atoms with van der Waals surface area (Å²) < 4.78 is 0. The van der Waals surface area contributed by atoms with E-state index < -0.39 is 159 Å². The summed E-state index contributed by atoms with van der Waals surface area (Å²) in [6, 6.07) is 68.0. The van der Waals surface area contributed by atoms with Crippen molar-refractivity contribution in [3.63, 3.8) is 0 Å². The van der Waals surface area contributed by atoms with Crippen molar-refractivity contribution in [1.29, 1.82) is 0 Å². The Labute approximate surface area is 660 Å². The minimum atomic E-state index is -0.983. The molecule has 590 valence electrons. The van der Waals surface area contributed by atoms with Gasteiger partial charge in [-0.05, 0) is 140 Å². The van der Waals surface area contributed by atoms with Crippen molar-refractivity contribution in [3.8, 4) is 0 Å². The van der Waals surface area contributed by atoms with E-state index in [0.717, 1.165) is 16.7 Å². The quantitative estimate of drug-likeness (QED) is 0.0336. The van der Waals surface area contributed by atoms with E-state index in [1.54, 1.807) is 34.6 Å². The molecule has 4 N–H and O–H groups in total. The lowest BCUT2D eigenvalue weighted by Crippen LogP contribution is -2.65. The largest absolute Gasteiger partial charge is 0.368 e. The topological polar surface area (TPSA) is 241 Å². The fraction of sp³-hybridized carbons (Fsp3) is 0.374. The molecule has 8 atom stereocenters. The summed E-state index contributed by atoms with van der Waals surface area (Å²) in [6.45, 7) is 17.6. The third kappa shape index (κ3) is 21.9. The average molecular weight is 1520 g/mol. The van der Waals surface area contributed by atoms with Crippen molar-refractivity contribution in [2.75, 3.05) is 58.9 Å². The Morgan fingerprint density at radius 2 is 0.518 bits per heavy atom. The number of nitrogens with two attached hydrogens (primary N) is 1. The van der Waals surface area contributed by atoms with Gasteiger partial charge in [-0.3, -0.25) is 43.2 Å². The van der Waals surface area contributed by atoms with Crippen molar-refractivity contribution >= 4 is 53.2 Å². The van der Waals surface area contributed by atoms with Crippen LogP contribution < -0.4 is 11.1 Å². The molecule has 9 amide bonds. The van der Waals surface area contributed by atoms with Crippen molar-refractivity contribution in [2.45, 2.75) is 161 Å². The maximum Gasteiger partial charge on any atom is 0.243 e. The van der Waals surface area contributed by atoms with E-state index in [2.05, 4.69) is 5.32 Å². The molecule has 0 aromatic heterocycles. The number of hydrogen-bond acceptors (Lipinski definition) is 12. The van der Waals surface area contributed by atoms with Gasteiger partial charge in [0.05, 0.1) is 55.4 Å². The second kappa shape index (κ2) is 39.2. The summed E-state index contributed by atoms with van der Waals surface area (Å²) in [5, 5.41) is 16.5. The van der Waals surface area contributed by atoms with Gasteiger partial charge in [0.1, 0.15) is 45.8 Å². The Hall–Kier alpha value is -11.1. The molecule has 8 aromatic carbocycles. The van der Waals surface area contributed by atoms with Gasteiger partial charge >= 0.3 is 0 Å². The molecule has 1 aliphatic heterocycles. The molecule has 9 rings (SSSR count). The fourth-order valence-electron chi connectivity index (χ4n) is 15.4. The lowest BCUT2D eigenvalue weighted by molar-refractivity contribution is -0.251. The van der Waals surface area contributed by atoms with Gasteiger partial charge < -0.3 is 55.5 Å². The van der Waals surface area contributed by atoms with Crippen LogP contribution in [0.3, 0.4) is 0 Å². The molecule has 0 bridgehead atoms. The molecule has 0 radical (unpaired) electrons. The van der Waals surface area contributed by atoms with E-state index in [0.29, 0.717) is 27.8 Å². The van der Waals surface area contributed by atoms with Crippen LogP contribution in [-0.2, 0) is 43.2 Å². The van der Waals surface area contributed by atoms with Gasteiger partial charge in [-0.1, -0.05) is 243 Å². The van der Waals surface area contributed by atoms with Gasteiger partial charge in [-0.2, -0.15) is 5.06 Å². The van der Waals surface area contributed by atoms with E-state index in [1.165, 1.54) is 44.3 Å². The molecule has 8 aromatic rings. The molecule has 0 unspecified atom stereocenters. The number of nitrogens with one attached hydrogen (secondary N) is 1. The Morgan fingerprint density at radius 3 is 0.750 bits per heavy atom. The summed E-state index contributed by atoms with van der Waals surface area (Å²) in [5.41, 5.74) is 9.73. The van der Waals surface area contributed by atoms with Crippen LogP contribution in [0.15, 0.2) is 243 Å². The number of hydrogen-bond donors (Lipinski definition) is 3. The number of amides is 9. The molecule has 112 heavy (non-hydrogen) atoms. The zero-order valence-electron chi connectivity index (χ0n) is 66.8. The minimum Gasteiger partial charge on any atom is -0.368 e. The third-order valence-corrected chi connectivity index (χ3v) is 22.2. The molecular formula is C91H111N11O10. The van der Waals surface area contributed by atoms with Crippen molar-refractivity contribution in [2.24, 2.45) is 5.73 Å². The van der Waals surface area contributed by atoms with E-state index >= 15 is 28.8 Å². The average Bonchev–Trinajstić information content (AvgIpc) is 0.776. The zero-order valence-corrected chi connectivity index (χ0v) is 66.8. The van der Waals surface area contributed by atoms with E-state index in [-0.39, 0.29) is 31.3 Å². The number of carbonyl (C=O) groups is 9. The smallest absolute Gasteiger partial charge is 0.243 e. The van der Waals surface area contributed by atoms with Crippen LogP contribution in [0.1, 0.15) is 189 Å². The van der Waals surface area contributed by atoms with Gasteiger partial charge in [0.15, 0.2) is 0 Å². The molecule has 0 aliphatic carbocycles. The Bertz CT molecular complexity index is 4400. The number of primary amides is 1. The molecule has 1 fully saturated rings. The zero-order chi connectivity index (χ0) is 81.0. The second-order valence-electron chi connectivity index (χ2n) is 30.8. The highest BCUT2D eigenvalue weighted by atomic mass is 16.5. The number of nitrogens with zero attached hydrogens (tertiary/aromatic N) is 9. The highest BCUT2D eigenvalue weighted by Crippen LogP contribution is 2.40. The van der Waals surface area contributed by atoms with Crippen LogP contribution in [0, 0.1) is 0 Å². The number of carbonyl (C=O) groups excluding carboxylic acids is 9. The number of piperidine rings is 1. The Kier molecular flexibility index (Phi) is 29.7. The molecule has 21 heteroatoms. The highest BCUT2D eigenvalue weighted by molar-refractivity contribution is 5.95. The van der Waals surface area contributed by atoms with Gasteiger partial charge in [0.2, 0.25) is 53.2 Å². The SMILES string of the molecule is C[C@H](NCC(=O)N(CC(=O)N(CC(=O)N(CC(=O)N(CC(=O)N(CC(=O)N(CC(=O)N(CC(=O)N(CC(N)=O)[C@@H](C)c1ccccc1)[C@@H](C)c1ccccc1)[C@@H](C)c1ccccc1)[C@@H](C)c1ccccc1)C1CC(C)(C)N(O)C(C)(C)C1)[C@@H](C)c1ccccc1)[C@@H](C)c1ccccc1)[C@@H](C)c1ccccc1)c1ccccc1. The summed E-state index contributed by atoms with van der Waals surface area (Å²) >= 11 is 0. The maximum absolute atomic E-state index is 16.4. The van der Waals surface area contributed by atoms with E-state index in [9.17, 15) is 19.6 Å². The summed E-state index contributed by atoms with van der Waals surface area (Å²) in [4.78, 5) is 150. The fourth-order valence-corrected chi connectivity index (χ4v) is 15.4. The highest BCUT2D eigenvalue weighted by Gasteiger charge is 2.49. The molecule has 1 aliphatic rings. The molecular weight excluding hydrogens is 1410 g/mol. The van der Waals surface area contributed by atoms with Crippen LogP contribution in [-0.4, -0.2) is 179 Å². The lowest BCUT2D eigenvalue weighted by atomic mass is 9.78. The van der Waals surface area contributed by atoms with Gasteiger partial charge in [-0.25, -0.2) is 0 Å². The minimum absolute atomic E-state index is 0.106. The number of benzene rings is 8. The molecule has 1 saturated heterocycles. The second-order valence-corrected chi connectivity index (χ2v) is 30.8. The van der Waals surface area contributed by atoms with Crippen molar-refractivity contribution in [3.05, 3.63) is 287 Å². The first-order valence-corrected chi connectivity index (χ1v) is 38.7. The molecule has 21 nitrogen and oxygen atoms in total. The monoisotopic (exact) mass is 1520 g/mol. The third-order valence-electron chi connectivity index (χ3n) is 22.2. The molecule has 0 saturated carbocycles. The van der Waals surface area contributed by atoms with Crippen LogP contribution >= 0.6 is 0 Å². The normalized spacial score (nSPS) is 15.4. The van der Waals surface area contributed by atoms with Crippen molar-refractivity contribution < 1.29 is 48.4 Å². The predicted molar refractivity (Wildman–Crippen MR) is 435 cm³/mol. The van der Waals surface area contributed by atoms with Gasteiger partial charge in [0, 0.05) is 23.2 Å². The van der Waals surface area contributed by atoms with Gasteiger partial charge in [-0.15, -0.1) is 0 Å². The van der Waals surface area contributed by atoms with Crippen LogP contribution in [0.4, 0.5) is 0 Å². The summed E-state index contributed by atoms with van der Waals surface area (Å²) in [6.07, 6.45) is 0.317. The van der Waals surface area contributed by atoms with E-state index in [1.807, 2.05) is 291 Å². The van der Waals surface area contributed by atoms with Crippen LogP contribution in [0.25, 0.3) is 0 Å². The van der Waals surface area contributed by atoms with Crippen LogP contribution in [0.2, 0.25) is 0 Å². The standard InChI is InChI=1S/C91H111N11O10/c1-64(72-37-21-13-22-38-72)93-55-82(104)95(66(3)74-41-25-15-26-42-74)57-84(106)97(68(5)76-45-29-17-30-46-76)60-87(109)100(71(8)79-51-35-20-36-52-79)62-89(111)101(80-53-90(9,10)102(112)91(11,12)54-80)63-88(110)99(70(7)78-49-33-19-34-50-78)61-86(108)98(69(6)77-47-31-18-32-48-77)59-85(107)96(67(4)75-43-27-16-28-44-75)58-83(105)94(56-81(92)103)65(2)73-39-23-14-24-40-73/h13-52,64-71,80,93,112H,53-63H2,1-12H3,(H2,92,103)/t64-,65-,66-,67-,68-,69-,70-,71-/m0/s1. The molecule has 1 heterocycles. The van der Waals surface area contributed by atoms with Gasteiger partial charge in [0.25, 0.3) is 0 Å². The van der Waals surface area contributed by atoms with Crippen molar-refractivity contribution in [1.82, 2.24) is 49.6 Å². The van der Waals surface area contributed by atoms with E-state index in [4.69, 9.17) is 5.73 Å². The predicted octanol–water partition coefficient (Wildman–Crippen LogP) is 13.2. The number of rotatable bonds is 35.